The van der Waals surface area contributed by atoms with Crippen LogP contribution in [0.25, 0.3) is 10.9 Å². The van der Waals surface area contributed by atoms with Gasteiger partial charge in [0.2, 0.25) is 0 Å². The standard InChI is InChI=1S/C21H18FN5O4/c1-11-8-17(27-26-11)24-20-15-7-6-14(31-10-18(28)29)9-16(15)23-21(25-20)19(30)12-2-4-13(22)5-3-12/h2-9,19,30H,10H2,1H3,(H,28,29)(H2,23,24,25,26,27)/t19-/m1/s1. The number of benzene rings is 2. The molecule has 0 amide bonds. The Morgan fingerprint density at radius 2 is 1.97 bits per heavy atom. The maximum atomic E-state index is 13.3. The van der Waals surface area contributed by atoms with Crippen LogP contribution in [-0.4, -0.2) is 43.0 Å². The molecule has 4 rings (SSSR count). The molecule has 0 aliphatic heterocycles. The number of ether oxygens (including phenoxy) is 1. The van der Waals surface area contributed by atoms with Crippen LogP contribution in [0.5, 0.6) is 5.75 Å². The van der Waals surface area contributed by atoms with Crippen LogP contribution in [0.1, 0.15) is 23.2 Å². The number of carboxylic acid groups (broad SMARTS) is 1. The molecule has 0 fully saturated rings. The van der Waals surface area contributed by atoms with Crippen LogP contribution in [0, 0.1) is 12.7 Å². The molecule has 0 aliphatic rings. The quantitative estimate of drug-likeness (QED) is 0.356. The Morgan fingerprint density at radius 3 is 2.65 bits per heavy atom. The fourth-order valence-corrected chi connectivity index (χ4v) is 2.98. The van der Waals surface area contributed by atoms with E-state index in [9.17, 15) is 14.3 Å². The highest BCUT2D eigenvalue weighted by Gasteiger charge is 2.18. The molecule has 158 valence electrons. The minimum Gasteiger partial charge on any atom is -0.482 e. The maximum Gasteiger partial charge on any atom is 0.341 e. The summed E-state index contributed by atoms with van der Waals surface area (Å²) >= 11 is 0. The van der Waals surface area contributed by atoms with E-state index in [1.54, 1.807) is 24.3 Å². The normalized spacial score (nSPS) is 12.0. The number of carbonyl (C=O) groups is 1. The lowest BCUT2D eigenvalue weighted by Crippen LogP contribution is -2.10. The zero-order chi connectivity index (χ0) is 22.0. The van der Waals surface area contributed by atoms with Gasteiger partial charge in [-0.05, 0) is 36.8 Å². The van der Waals surface area contributed by atoms with E-state index in [1.807, 2.05) is 6.92 Å². The van der Waals surface area contributed by atoms with Crippen molar-refractivity contribution in [3.63, 3.8) is 0 Å². The van der Waals surface area contributed by atoms with Gasteiger partial charge in [0, 0.05) is 23.2 Å². The van der Waals surface area contributed by atoms with Crippen LogP contribution >= 0.6 is 0 Å². The smallest absolute Gasteiger partial charge is 0.341 e. The van der Waals surface area contributed by atoms with E-state index in [0.29, 0.717) is 33.9 Å². The number of carboxylic acids is 1. The number of aliphatic carboxylic acids is 1. The number of H-pyrrole nitrogens is 1. The van der Waals surface area contributed by atoms with Gasteiger partial charge >= 0.3 is 5.97 Å². The van der Waals surface area contributed by atoms with E-state index < -0.39 is 24.5 Å². The second-order valence-electron chi connectivity index (χ2n) is 6.81. The van der Waals surface area contributed by atoms with E-state index >= 15 is 0 Å². The van der Waals surface area contributed by atoms with E-state index in [1.165, 1.54) is 24.3 Å². The second-order valence-corrected chi connectivity index (χ2v) is 6.81. The number of aryl methyl sites for hydroxylation is 1. The Bertz CT molecular complexity index is 1240. The summed E-state index contributed by atoms with van der Waals surface area (Å²) in [6.07, 6.45) is -1.21. The van der Waals surface area contributed by atoms with Crippen LogP contribution in [0.2, 0.25) is 0 Å². The average Bonchev–Trinajstić information content (AvgIpc) is 3.16. The van der Waals surface area contributed by atoms with Gasteiger partial charge in [-0.2, -0.15) is 5.10 Å². The van der Waals surface area contributed by atoms with Gasteiger partial charge in [-0.3, -0.25) is 5.10 Å². The molecule has 2 aromatic carbocycles. The minimum atomic E-state index is -1.21. The van der Waals surface area contributed by atoms with Crippen molar-refractivity contribution in [3.8, 4) is 5.75 Å². The first-order valence-electron chi connectivity index (χ1n) is 9.28. The van der Waals surface area contributed by atoms with Gasteiger partial charge in [0.1, 0.15) is 23.5 Å². The van der Waals surface area contributed by atoms with E-state index in [2.05, 4.69) is 25.5 Å². The number of fused-ring (bicyclic) bond motifs is 1. The van der Waals surface area contributed by atoms with Gasteiger partial charge < -0.3 is 20.3 Å². The van der Waals surface area contributed by atoms with Crippen LogP contribution in [0.15, 0.2) is 48.5 Å². The predicted octanol–water partition coefficient (Wildman–Crippen LogP) is 3.09. The summed E-state index contributed by atoms with van der Waals surface area (Å²) in [5.74, 6) is -0.247. The SMILES string of the molecule is Cc1cc(Nc2nc([C@H](O)c3ccc(F)cc3)nc3cc(OCC(=O)O)ccc23)n[nH]1. The molecule has 2 heterocycles. The van der Waals surface area contributed by atoms with Crippen molar-refractivity contribution in [3.05, 3.63) is 71.4 Å². The highest BCUT2D eigenvalue weighted by atomic mass is 19.1. The highest BCUT2D eigenvalue weighted by Crippen LogP contribution is 2.30. The Hall–Kier alpha value is -4.05. The number of anilines is 2. The third-order valence-corrected chi connectivity index (χ3v) is 4.43. The molecule has 10 heteroatoms. The monoisotopic (exact) mass is 423 g/mol. The molecule has 0 spiro atoms. The van der Waals surface area contributed by atoms with E-state index in [0.717, 1.165) is 5.69 Å². The fourth-order valence-electron chi connectivity index (χ4n) is 2.98. The van der Waals surface area contributed by atoms with Crippen LogP contribution in [-0.2, 0) is 4.79 Å². The molecule has 0 saturated carbocycles. The van der Waals surface area contributed by atoms with Gasteiger partial charge in [0.05, 0.1) is 5.52 Å². The molecule has 0 radical (unpaired) electrons. The topological polar surface area (TPSA) is 133 Å². The van der Waals surface area contributed by atoms with Crippen molar-refractivity contribution < 1.29 is 24.1 Å². The summed E-state index contributed by atoms with van der Waals surface area (Å²) in [6.45, 7) is 1.35. The van der Waals surface area contributed by atoms with Gasteiger partial charge in [-0.15, -0.1) is 0 Å². The number of rotatable bonds is 7. The van der Waals surface area contributed by atoms with Crippen molar-refractivity contribution in [2.75, 3.05) is 11.9 Å². The lowest BCUT2D eigenvalue weighted by molar-refractivity contribution is -0.139. The van der Waals surface area contributed by atoms with Crippen molar-refractivity contribution in [1.82, 2.24) is 20.2 Å². The van der Waals surface area contributed by atoms with E-state index in [-0.39, 0.29) is 5.82 Å². The molecule has 2 aromatic heterocycles. The molecule has 0 aliphatic carbocycles. The molecule has 31 heavy (non-hydrogen) atoms. The predicted molar refractivity (Wildman–Crippen MR) is 110 cm³/mol. The summed E-state index contributed by atoms with van der Waals surface area (Å²) < 4.78 is 18.5. The molecule has 0 saturated heterocycles. The molecule has 4 N–H and O–H groups in total. The molecule has 9 nitrogen and oxygen atoms in total. The maximum absolute atomic E-state index is 13.3. The van der Waals surface area contributed by atoms with Gasteiger partial charge in [0.25, 0.3) is 0 Å². The molecular formula is C21H18FN5O4. The number of halogens is 1. The number of aliphatic hydroxyl groups is 1. The molecule has 1 atom stereocenters. The summed E-state index contributed by atoms with van der Waals surface area (Å²) in [7, 11) is 0. The third kappa shape index (κ3) is 4.59. The van der Waals surface area contributed by atoms with Crippen molar-refractivity contribution >= 4 is 28.5 Å². The first kappa shape index (κ1) is 20.2. The fraction of sp³-hybridized carbons (Fsp3) is 0.143. The summed E-state index contributed by atoms with van der Waals surface area (Å²) in [6, 6.07) is 12.0. The number of aromatic nitrogens is 4. The van der Waals surface area contributed by atoms with Crippen molar-refractivity contribution in [1.29, 1.82) is 0 Å². The number of hydrogen-bond acceptors (Lipinski definition) is 7. The molecule has 0 bridgehead atoms. The van der Waals surface area contributed by atoms with Crippen LogP contribution < -0.4 is 10.1 Å². The van der Waals surface area contributed by atoms with E-state index in [4.69, 9.17) is 9.84 Å². The highest BCUT2D eigenvalue weighted by molar-refractivity contribution is 5.91. The number of hydrogen-bond donors (Lipinski definition) is 4. The Balaban J connectivity index is 1.78. The molecule has 0 unspecified atom stereocenters. The van der Waals surface area contributed by atoms with Crippen LogP contribution in [0.4, 0.5) is 16.0 Å². The largest absolute Gasteiger partial charge is 0.482 e. The molecular weight excluding hydrogens is 405 g/mol. The summed E-state index contributed by atoms with van der Waals surface area (Å²) in [5.41, 5.74) is 1.68. The Kier molecular flexibility index (Phi) is 5.46. The van der Waals surface area contributed by atoms with Crippen molar-refractivity contribution in [2.24, 2.45) is 0 Å². The zero-order valence-corrected chi connectivity index (χ0v) is 16.3. The number of nitrogens with zero attached hydrogens (tertiary/aromatic N) is 3. The Labute approximate surface area is 175 Å². The lowest BCUT2D eigenvalue weighted by Gasteiger charge is -2.14. The third-order valence-electron chi connectivity index (χ3n) is 4.43. The zero-order valence-electron chi connectivity index (χ0n) is 16.3. The second kappa shape index (κ2) is 8.36. The number of nitrogens with one attached hydrogen (secondary N) is 2. The van der Waals surface area contributed by atoms with Crippen molar-refractivity contribution in [2.45, 2.75) is 13.0 Å². The summed E-state index contributed by atoms with van der Waals surface area (Å²) in [5, 5.41) is 30.3. The number of aromatic amines is 1. The lowest BCUT2D eigenvalue weighted by atomic mass is 10.1. The van der Waals surface area contributed by atoms with Gasteiger partial charge in [0.15, 0.2) is 18.2 Å². The Morgan fingerprint density at radius 1 is 1.19 bits per heavy atom. The average molecular weight is 423 g/mol. The van der Waals surface area contributed by atoms with Gasteiger partial charge in [-0.1, -0.05) is 12.1 Å². The first-order chi connectivity index (χ1) is 14.9. The molecule has 4 aromatic rings. The summed E-state index contributed by atoms with van der Waals surface area (Å²) in [4.78, 5) is 19.7. The minimum absolute atomic E-state index is 0.0734. The van der Waals surface area contributed by atoms with Crippen LogP contribution in [0.3, 0.4) is 0 Å². The van der Waals surface area contributed by atoms with Gasteiger partial charge in [-0.25, -0.2) is 19.2 Å². The first-order valence-corrected chi connectivity index (χ1v) is 9.28. The number of aliphatic hydroxyl groups excluding tert-OH is 1.